The molecule has 1 heterocycles. The van der Waals surface area contributed by atoms with Crippen molar-refractivity contribution in [3.05, 3.63) is 104 Å². The third kappa shape index (κ3) is 4.23. The fraction of sp³-hybridized carbons (Fsp3) is 0.100. The molecule has 0 saturated carbocycles. The molecule has 0 amide bonds. The van der Waals surface area contributed by atoms with Gasteiger partial charge in [0.25, 0.3) is 0 Å². The number of nitrogens with zero attached hydrogens (tertiary/aromatic N) is 3. The van der Waals surface area contributed by atoms with Gasteiger partial charge < -0.3 is 14.7 Å². The summed E-state index contributed by atoms with van der Waals surface area (Å²) in [6.45, 7) is 3.56. The van der Waals surface area contributed by atoms with Gasteiger partial charge in [0.15, 0.2) is 0 Å². The minimum atomic E-state index is 1.13. The van der Waals surface area contributed by atoms with Crippen molar-refractivity contribution in [1.82, 2.24) is 0 Å². The Morgan fingerprint density at radius 2 is 1.17 bits per heavy atom. The Bertz CT molecular complexity index is 1510. The van der Waals surface area contributed by atoms with Crippen molar-refractivity contribution in [1.29, 1.82) is 0 Å². The summed E-state index contributed by atoms with van der Waals surface area (Å²) in [7, 11) is 6.30. The van der Waals surface area contributed by atoms with Gasteiger partial charge in [-0.2, -0.15) is 0 Å². The first-order chi connectivity index (χ1) is 17.1. The Labute approximate surface area is 229 Å². The SMILES string of the molecule is CN(C)c1ccc2ccccc2c1-c1c(N2[C]N(C)c3ccccc32)ccc2ccccc12.[I][Au]. The molecule has 0 aliphatic carbocycles. The first kappa shape index (κ1) is 24.2. The Morgan fingerprint density at radius 3 is 1.83 bits per heavy atom. The fourth-order valence-corrected chi connectivity index (χ4v) is 4.98. The summed E-state index contributed by atoms with van der Waals surface area (Å²) in [6.07, 6.45) is 0. The monoisotopic (exact) mass is 751 g/mol. The minimum absolute atomic E-state index is 1.13. The van der Waals surface area contributed by atoms with Crippen LogP contribution >= 0.6 is 19.0 Å². The Kier molecular flexibility index (Phi) is 7.07. The van der Waals surface area contributed by atoms with E-state index in [4.69, 9.17) is 0 Å². The Morgan fingerprint density at radius 1 is 0.629 bits per heavy atom. The zero-order chi connectivity index (χ0) is 24.5. The molecule has 5 aromatic carbocycles. The zero-order valence-electron chi connectivity index (χ0n) is 19.8. The van der Waals surface area contributed by atoms with Gasteiger partial charge in [0.2, 0.25) is 6.67 Å². The molecule has 0 unspecified atom stereocenters. The van der Waals surface area contributed by atoms with E-state index < -0.39 is 0 Å². The van der Waals surface area contributed by atoms with Crippen molar-refractivity contribution >= 4 is 63.3 Å². The van der Waals surface area contributed by atoms with Crippen molar-refractivity contribution in [3.63, 3.8) is 0 Å². The number of rotatable bonds is 3. The number of anilines is 4. The number of fused-ring (bicyclic) bond motifs is 3. The quantitative estimate of drug-likeness (QED) is 0.136. The van der Waals surface area contributed by atoms with E-state index in [2.05, 4.69) is 176 Å². The van der Waals surface area contributed by atoms with Crippen molar-refractivity contribution in [2.24, 2.45) is 0 Å². The molecule has 178 valence electrons. The molecule has 1 aliphatic rings. The van der Waals surface area contributed by atoms with E-state index in [1.165, 1.54) is 38.4 Å². The van der Waals surface area contributed by atoms with Crippen molar-refractivity contribution in [2.75, 3.05) is 35.8 Å². The van der Waals surface area contributed by atoms with E-state index in [1.54, 1.807) is 0 Å². The first-order valence-electron chi connectivity index (χ1n) is 11.4. The fourth-order valence-electron chi connectivity index (χ4n) is 4.98. The number of para-hydroxylation sites is 2. The summed E-state index contributed by atoms with van der Waals surface area (Å²) in [5.41, 5.74) is 7.10. The second kappa shape index (κ2) is 10.2. The maximum absolute atomic E-state index is 3.56. The van der Waals surface area contributed by atoms with E-state index in [-0.39, 0.29) is 0 Å². The summed E-state index contributed by atoms with van der Waals surface area (Å²) < 4.78 is 0. The van der Waals surface area contributed by atoms with Gasteiger partial charge in [-0.25, -0.2) is 0 Å². The van der Waals surface area contributed by atoms with Crippen LogP contribution in [0.15, 0.2) is 97.1 Å². The van der Waals surface area contributed by atoms with Crippen LogP contribution in [0, 0.1) is 6.67 Å². The molecule has 0 N–H and O–H groups in total. The molecule has 3 nitrogen and oxygen atoms in total. The average molecular weight is 751 g/mol. The molecule has 6 rings (SSSR count). The molecule has 0 aromatic heterocycles. The van der Waals surface area contributed by atoms with Crippen LogP contribution in [0.1, 0.15) is 0 Å². The molecule has 35 heavy (non-hydrogen) atoms. The predicted molar refractivity (Wildman–Crippen MR) is 155 cm³/mol. The van der Waals surface area contributed by atoms with Gasteiger partial charge in [-0.05, 0) is 45.8 Å². The zero-order valence-corrected chi connectivity index (χ0v) is 24.1. The van der Waals surface area contributed by atoms with E-state index in [0.29, 0.717) is 0 Å². The van der Waals surface area contributed by atoms with Gasteiger partial charge in [-0.3, -0.25) is 0 Å². The summed E-state index contributed by atoms with van der Waals surface area (Å²) in [5.74, 6) is 0. The van der Waals surface area contributed by atoms with Crippen molar-refractivity contribution < 1.29 is 17.3 Å². The van der Waals surface area contributed by atoms with Crippen LogP contribution in [0.2, 0.25) is 0 Å². The molecule has 0 atom stereocenters. The molecule has 0 saturated heterocycles. The molecule has 0 fully saturated rings. The maximum atomic E-state index is 3.56. The Hall–Kier alpha value is -2.51. The summed E-state index contributed by atoms with van der Waals surface area (Å²) >= 11 is 4.34. The van der Waals surface area contributed by atoms with Crippen LogP contribution in [0.25, 0.3) is 32.7 Å². The number of halogens is 1. The third-order valence-electron chi connectivity index (χ3n) is 6.52. The molecular weight excluding hydrogens is 726 g/mol. The van der Waals surface area contributed by atoms with E-state index in [0.717, 1.165) is 17.1 Å². The van der Waals surface area contributed by atoms with E-state index >= 15 is 0 Å². The number of benzene rings is 5. The van der Waals surface area contributed by atoms with Gasteiger partial charge in [0, 0.05) is 38.0 Å². The van der Waals surface area contributed by atoms with Crippen LogP contribution < -0.4 is 14.7 Å². The normalized spacial score (nSPS) is 12.5. The molecule has 1 aliphatic heterocycles. The molecule has 0 bridgehead atoms. The summed E-state index contributed by atoms with van der Waals surface area (Å²) in [5, 5.41) is 4.96. The number of hydrogen-bond donors (Lipinski definition) is 0. The first-order valence-corrected chi connectivity index (χ1v) is 17.5. The Balaban J connectivity index is 0.00000124. The van der Waals surface area contributed by atoms with Gasteiger partial charge in [0.05, 0.1) is 17.1 Å². The summed E-state index contributed by atoms with van der Waals surface area (Å²) in [6, 6.07) is 34.7. The average Bonchev–Trinajstić information content (AvgIpc) is 3.25. The van der Waals surface area contributed by atoms with Gasteiger partial charge in [0.1, 0.15) is 0 Å². The van der Waals surface area contributed by atoms with Crippen molar-refractivity contribution in [2.45, 2.75) is 0 Å². The van der Waals surface area contributed by atoms with Crippen LogP contribution in [-0.2, 0) is 17.3 Å². The number of hydrogen-bond acceptors (Lipinski definition) is 3. The summed E-state index contributed by atoms with van der Waals surface area (Å²) in [4.78, 5) is 6.49. The van der Waals surface area contributed by atoms with E-state index in [9.17, 15) is 0 Å². The molecule has 5 heteroatoms. The molecule has 2 radical (unpaired) electrons. The van der Waals surface area contributed by atoms with Gasteiger partial charge in [-0.15, -0.1) is 0 Å². The standard InChI is InChI=1S/C30H25N3.Au.HI/c1-31(2)27-18-16-21-10-4-6-12-23(21)29(27)30-24-13-7-5-11-22(24)17-19-28(30)33-20-32(3)25-14-8-9-15-26(25)33;;/h4-19H,1-3H3;;1H/q;+1;/p-1. The van der Waals surface area contributed by atoms with Crippen LogP contribution in [0.3, 0.4) is 0 Å². The predicted octanol–water partition coefficient (Wildman–Crippen LogP) is 8.19. The molecular formula is C30H25AuIN3. The van der Waals surface area contributed by atoms with Gasteiger partial charge >= 0.3 is 36.3 Å². The van der Waals surface area contributed by atoms with Crippen molar-refractivity contribution in [3.8, 4) is 11.1 Å². The van der Waals surface area contributed by atoms with Gasteiger partial charge in [-0.1, -0.05) is 72.8 Å². The van der Waals surface area contributed by atoms with E-state index in [1.807, 2.05) is 0 Å². The van der Waals surface area contributed by atoms with Crippen LogP contribution in [-0.4, -0.2) is 21.1 Å². The second-order valence-corrected chi connectivity index (χ2v) is 8.74. The van der Waals surface area contributed by atoms with Crippen LogP contribution in [0.4, 0.5) is 22.7 Å². The van der Waals surface area contributed by atoms with Crippen LogP contribution in [0.5, 0.6) is 0 Å². The molecule has 0 spiro atoms. The molecule has 5 aromatic rings. The topological polar surface area (TPSA) is 9.72 Å². The second-order valence-electron chi connectivity index (χ2n) is 8.74. The third-order valence-corrected chi connectivity index (χ3v) is 6.52.